The first-order chi connectivity index (χ1) is 17.0. The van der Waals surface area contributed by atoms with Gasteiger partial charge in [0, 0.05) is 46.7 Å². The number of rotatable bonds is 7. The van der Waals surface area contributed by atoms with E-state index in [2.05, 4.69) is 69.9 Å². The predicted molar refractivity (Wildman–Crippen MR) is 138 cm³/mol. The van der Waals surface area contributed by atoms with E-state index in [0.717, 1.165) is 73.2 Å². The van der Waals surface area contributed by atoms with E-state index in [4.69, 9.17) is 27.9 Å². The number of halogens is 2. The molecule has 6 atom stereocenters. The molecular weight excluding hydrogens is 483 g/mol. The van der Waals surface area contributed by atoms with Gasteiger partial charge in [0.25, 0.3) is 0 Å². The fourth-order valence-corrected chi connectivity index (χ4v) is 6.45. The first-order valence-corrected chi connectivity index (χ1v) is 13.4. The van der Waals surface area contributed by atoms with Crippen molar-refractivity contribution in [3.05, 3.63) is 64.8 Å². The summed E-state index contributed by atoms with van der Waals surface area (Å²) in [6, 6.07) is 3.52. The van der Waals surface area contributed by atoms with Crippen molar-refractivity contribution in [3.63, 3.8) is 0 Å². The minimum absolute atomic E-state index is 0.00809. The zero-order valence-electron chi connectivity index (χ0n) is 20.3. The number of aryl methyl sites for hydroxylation is 1. The van der Waals surface area contributed by atoms with Gasteiger partial charge in [0.05, 0.1) is 19.0 Å². The molecule has 0 bridgehead atoms. The van der Waals surface area contributed by atoms with Gasteiger partial charge in [-0.2, -0.15) is 5.10 Å². The van der Waals surface area contributed by atoms with Crippen LogP contribution in [0.2, 0.25) is 0 Å². The second-order valence-corrected chi connectivity index (χ2v) is 11.0. The number of hydrogen-bond acceptors (Lipinski definition) is 6. The summed E-state index contributed by atoms with van der Waals surface area (Å²) >= 11 is 13.7. The smallest absolute Gasteiger partial charge is 0.164 e. The number of fused-ring (bicyclic) bond motifs is 2. The Morgan fingerprint density at radius 2 is 2.29 bits per heavy atom. The van der Waals surface area contributed by atoms with Crippen LogP contribution >= 0.6 is 23.2 Å². The van der Waals surface area contributed by atoms with Crippen molar-refractivity contribution >= 4 is 23.2 Å². The lowest BCUT2D eigenvalue weighted by atomic mass is 9.78. The van der Waals surface area contributed by atoms with E-state index in [1.165, 1.54) is 5.57 Å². The van der Waals surface area contributed by atoms with Crippen LogP contribution in [0, 0.1) is 24.1 Å². The van der Waals surface area contributed by atoms with Gasteiger partial charge in [-0.3, -0.25) is 4.90 Å². The summed E-state index contributed by atoms with van der Waals surface area (Å²) in [6.45, 7) is 7.54. The third-order valence-electron chi connectivity index (χ3n) is 7.80. The van der Waals surface area contributed by atoms with E-state index in [1.807, 2.05) is 0 Å². The molecule has 1 aromatic rings. The quantitative estimate of drug-likeness (QED) is 0.325. The number of alkyl halides is 1. The Balaban J connectivity index is 1.42. The number of likely N-dealkylation sites (N-methyl/N-ethyl adjacent to an activating group) is 1. The van der Waals surface area contributed by atoms with E-state index in [9.17, 15) is 0 Å². The van der Waals surface area contributed by atoms with Gasteiger partial charge in [-0.1, -0.05) is 30.7 Å². The van der Waals surface area contributed by atoms with E-state index in [0.29, 0.717) is 0 Å². The number of aromatic nitrogens is 2. The van der Waals surface area contributed by atoms with Crippen molar-refractivity contribution in [3.8, 4) is 0 Å². The first kappa shape index (κ1) is 24.4. The van der Waals surface area contributed by atoms with Crippen LogP contribution in [0.5, 0.6) is 0 Å². The number of ether oxygens (including phenoxy) is 1. The molecule has 188 valence electrons. The number of aromatic amines is 1. The molecule has 4 heterocycles. The number of nitrogens with one attached hydrogen (secondary N) is 4. The number of nitrogens with zero attached hydrogens (tertiary/aromatic N) is 2. The Morgan fingerprint density at radius 1 is 1.43 bits per heavy atom. The highest BCUT2D eigenvalue weighted by molar-refractivity contribution is 6.30. The molecule has 4 aliphatic rings. The van der Waals surface area contributed by atoms with Gasteiger partial charge < -0.3 is 20.7 Å². The highest BCUT2D eigenvalue weighted by Crippen LogP contribution is 2.44. The predicted octanol–water partition coefficient (Wildman–Crippen LogP) is 3.89. The molecule has 0 saturated carbocycles. The van der Waals surface area contributed by atoms with Gasteiger partial charge in [-0.05, 0) is 57.2 Å². The number of allylic oxidation sites excluding steroid dienone is 2. The van der Waals surface area contributed by atoms with Gasteiger partial charge in [-0.25, -0.2) is 5.10 Å². The monoisotopic (exact) mass is 516 g/mol. The minimum atomic E-state index is -0.00809. The lowest BCUT2D eigenvalue weighted by Crippen LogP contribution is -2.53. The molecule has 3 unspecified atom stereocenters. The van der Waals surface area contributed by atoms with Crippen LogP contribution in [-0.2, 0) is 11.2 Å². The van der Waals surface area contributed by atoms with Crippen molar-refractivity contribution in [2.75, 3.05) is 13.7 Å². The Labute approximate surface area is 218 Å². The van der Waals surface area contributed by atoms with E-state index < -0.39 is 0 Å². The summed E-state index contributed by atoms with van der Waals surface area (Å²) in [7, 11) is 2.09. The standard InChI is InChI=1S/C26H34Cl2N6O/c1-4-20(32-26-25-22(10-12-35-25)34(3)14-29-26)21-13-16(5-6-17-9-11-30-33-17)15(2)23-18(27)7-8-19(28)24(23)31-21/h10,12,16,18,20-23,29-32H,2,4-8,13-14H2,1,3H3/t16?,18-,20+,21?,22+,23?/m1/s1. The molecular formula is C26H34Cl2N6O. The topological polar surface area (TPSA) is 77.2 Å². The fraction of sp³-hybridized carbons (Fsp3) is 0.577. The zero-order valence-corrected chi connectivity index (χ0v) is 21.8. The molecule has 4 N–H and O–H groups in total. The average Bonchev–Trinajstić information content (AvgIpc) is 3.53. The second kappa shape index (κ2) is 10.4. The molecule has 1 aromatic heterocycles. The van der Waals surface area contributed by atoms with E-state index in [-0.39, 0.29) is 35.3 Å². The van der Waals surface area contributed by atoms with E-state index in [1.54, 1.807) is 6.26 Å². The van der Waals surface area contributed by atoms with Crippen molar-refractivity contribution in [1.29, 1.82) is 0 Å². The highest BCUT2D eigenvalue weighted by atomic mass is 35.5. The Bertz CT molecular complexity index is 1020. The molecule has 0 radical (unpaired) electrons. The molecule has 9 heteroatoms. The normalized spacial score (nSPS) is 31.5. The van der Waals surface area contributed by atoms with Gasteiger partial charge in [0.2, 0.25) is 0 Å². The van der Waals surface area contributed by atoms with Crippen molar-refractivity contribution in [2.45, 2.75) is 69.0 Å². The molecule has 35 heavy (non-hydrogen) atoms. The van der Waals surface area contributed by atoms with Crippen LogP contribution in [0.25, 0.3) is 0 Å². The van der Waals surface area contributed by atoms with Gasteiger partial charge in [0.1, 0.15) is 11.5 Å². The molecule has 1 saturated heterocycles. The van der Waals surface area contributed by atoms with E-state index >= 15 is 0 Å². The summed E-state index contributed by atoms with van der Waals surface area (Å²) in [5.41, 5.74) is 3.13. The fourth-order valence-electron chi connectivity index (χ4n) is 5.77. The first-order valence-electron chi connectivity index (χ1n) is 12.5. The Kier molecular flexibility index (Phi) is 7.24. The third kappa shape index (κ3) is 4.89. The molecule has 3 aliphatic heterocycles. The zero-order chi connectivity index (χ0) is 24.5. The summed E-state index contributed by atoms with van der Waals surface area (Å²) < 4.78 is 5.87. The van der Waals surface area contributed by atoms with Crippen LogP contribution in [0.15, 0.2) is 46.8 Å². The summed E-state index contributed by atoms with van der Waals surface area (Å²) in [5, 5.41) is 19.0. The molecule has 1 aliphatic carbocycles. The van der Waals surface area contributed by atoms with Gasteiger partial charge in [-0.15, -0.1) is 11.6 Å². The maximum Gasteiger partial charge on any atom is 0.164 e. The van der Waals surface area contributed by atoms with Crippen LogP contribution in [0.4, 0.5) is 0 Å². The minimum Gasteiger partial charge on any atom is -0.464 e. The maximum absolute atomic E-state index is 6.90. The second-order valence-electron chi connectivity index (χ2n) is 9.95. The highest BCUT2D eigenvalue weighted by Gasteiger charge is 2.41. The number of H-pyrrole nitrogens is 1. The van der Waals surface area contributed by atoms with Gasteiger partial charge in [0.15, 0.2) is 5.76 Å². The molecule has 1 fully saturated rings. The lowest BCUT2D eigenvalue weighted by Gasteiger charge is -2.37. The van der Waals surface area contributed by atoms with Crippen LogP contribution < -0.4 is 16.0 Å². The van der Waals surface area contributed by atoms with Crippen LogP contribution in [0.3, 0.4) is 0 Å². The largest absolute Gasteiger partial charge is 0.464 e. The van der Waals surface area contributed by atoms with Gasteiger partial charge >= 0.3 is 0 Å². The molecule has 5 rings (SSSR count). The Morgan fingerprint density at radius 3 is 3.06 bits per heavy atom. The maximum atomic E-state index is 6.90. The van der Waals surface area contributed by atoms with Crippen molar-refractivity contribution < 1.29 is 4.74 Å². The summed E-state index contributed by atoms with van der Waals surface area (Å²) in [6.07, 6.45) is 12.0. The third-order valence-corrected chi connectivity index (χ3v) is 8.66. The average molecular weight is 518 g/mol. The Hall–Kier alpha value is -2.27. The molecule has 0 spiro atoms. The molecule has 0 aromatic carbocycles. The molecule has 0 amide bonds. The number of hydrogen-bond donors (Lipinski definition) is 4. The SMILES string of the molecule is C=C1C(CCc2c#c[nH]n2)CC([C@H](CC)NC2=C3OC=C[C@@H]3N(C)CN2)NC2=C(Cl)CC[C@@H](Cl)C12. The van der Waals surface area contributed by atoms with Crippen molar-refractivity contribution in [2.24, 2.45) is 11.8 Å². The van der Waals surface area contributed by atoms with Crippen LogP contribution in [0.1, 0.15) is 44.7 Å². The van der Waals surface area contributed by atoms with Crippen LogP contribution in [-0.4, -0.2) is 52.3 Å². The summed E-state index contributed by atoms with van der Waals surface area (Å²) in [4.78, 5) is 2.22. The summed E-state index contributed by atoms with van der Waals surface area (Å²) in [5.74, 6) is 2.20. The molecule has 7 nitrogen and oxygen atoms in total. The van der Waals surface area contributed by atoms with Crippen molar-refractivity contribution in [1.82, 2.24) is 31.0 Å². The lowest BCUT2D eigenvalue weighted by molar-refractivity contribution is 0.203.